The lowest BCUT2D eigenvalue weighted by Crippen LogP contribution is -2.58. The highest BCUT2D eigenvalue weighted by Gasteiger charge is 2.64. The molecule has 5 atom stereocenters. The average Bonchev–Trinajstić information content (AvgIpc) is 4.07. The van der Waals surface area contributed by atoms with Crippen molar-refractivity contribution in [2.45, 2.75) is 133 Å². The molecule has 7 rings (SSSR count). The van der Waals surface area contributed by atoms with Crippen LogP contribution in [-0.4, -0.2) is 104 Å². The summed E-state index contributed by atoms with van der Waals surface area (Å²) in [5.74, 6) is -1.03. The second-order valence-electron chi connectivity index (χ2n) is 18.6. The van der Waals surface area contributed by atoms with Crippen LogP contribution in [0.4, 0.5) is 4.79 Å². The minimum absolute atomic E-state index is 0.0332. The van der Waals surface area contributed by atoms with E-state index < -0.39 is 67.7 Å². The second-order valence-corrected chi connectivity index (χ2v) is 20.7. The Labute approximate surface area is 346 Å². The molecule has 16 heteroatoms. The van der Waals surface area contributed by atoms with Crippen molar-refractivity contribution in [3.05, 3.63) is 41.6 Å². The topological polar surface area (TPSA) is 192 Å². The van der Waals surface area contributed by atoms with Gasteiger partial charge in [0.1, 0.15) is 41.3 Å². The number of aryl methyl sites for hydroxylation is 2. The Bertz CT molecular complexity index is 2130. The van der Waals surface area contributed by atoms with E-state index in [9.17, 15) is 27.6 Å². The number of ether oxygens (including phenoxy) is 4. The fraction of sp³-hybridized carbons (Fsp3) is 0.651. The van der Waals surface area contributed by atoms with Crippen molar-refractivity contribution in [3.8, 4) is 11.5 Å². The SMILES string of the molecule is COCCOc1ccc2nc(C)c3c(c2c1)CC[C@]1(C[C@H]2C(=O)N[C@]4(C(=O)NS(=O)(=O)C5(C)CC5)C[C@H]4/C=C\CCCCC[C@H](NC(=O)OCC(C)(C)C)C(=O)N2C1)O3. The number of aromatic nitrogens is 1. The molecule has 3 N–H and O–H groups in total. The van der Waals surface area contributed by atoms with Gasteiger partial charge in [-0.2, -0.15) is 0 Å². The number of amides is 4. The Morgan fingerprint density at radius 3 is 2.59 bits per heavy atom. The highest BCUT2D eigenvalue weighted by atomic mass is 32.2. The molecule has 1 aromatic carbocycles. The van der Waals surface area contributed by atoms with Gasteiger partial charge in [-0.3, -0.25) is 19.1 Å². The smallest absolute Gasteiger partial charge is 0.407 e. The van der Waals surface area contributed by atoms with E-state index in [2.05, 4.69) is 15.4 Å². The summed E-state index contributed by atoms with van der Waals surface area (Å²) >= 11 is 0. The molecule has 5 aliphatic rings. The second kappa shape index (κ2) is 16.2. The Balaban J connectivity index is 1.22. The summed E-state index contributed by atoms with van der Waals surface area (Å²) in [4.78, 5) is 63.1. The minimum Gasteiger partial charge on any atom is -0.491 e. The van der Waals surface area contributed by atoms with Crippen LogP contribution in [0.2, 0.25) is 0 Å². The van der Waals surface area contributed by atoms with Crippen molar-refractivity contribution >= 4 is 44.7 Å². The van der Waals surface area contributed by atoms with E-state index in [1.807, 2.05) is 58.0 Å². The predicted octanol–water partition coefficient (Wildman–Crippen LogP) is 4.77. The molecule has 1 spiro atoms. The number of carbonyl (C=O) groups excluding carboxylic acids is 4. The first kappa shape index (κ1) is 42.7. The lowest BCUT2D eigenvalue weighted by molar-refractivity contribution is -0.141. The number of allylic oxidation sites excluding steroid dienone is 1. The van der Waals surface area contributed by atoms with Crippen LogP contribution in [0.15, 0.2) is 30.4 Å². The van der Waals surface area contributed by atoms with Gasteiger partial charge in [-0.05, 0) is 88.8 Å². The van der Waals surface area contributed by atoms with E-state index in [4.69, 9.17) is 23.9 Å². The van der Waals surface area contributed by atoms with E-state index in [1.54, 1.807) is 14.0 Å². The number of pyridine rings is 1. The van der Waals surface area contributed by atoms with Crippen molar-refractivity contribution in [3.63, 3.8) is 0 Å². The van der Waals surface area contributed by atoms with Gasteiger partial charge >= 0.3 is 6.09 Å². The zero-order chi connectivity index (χ0) is 42.4. The zero-order valence-corrected chi connectivity index (χ0v) is 35.9. The molecule has 2 saturated carbocycles. The summed E-state index contributed by atoms with van der Waals surface area (Å²) in [7, 11) is -2.39. The maximum atomic E-state index is 14.8. The highest BCUT2D eigenvalue weighted by molar-refractivity contribution is 7.91. The standard InChI is InChI=1S/C43H59N5O10S/c1-27-35-30(31-22-29(56-21-20-55-6)14-15-32(31)44-27)16-17-42(58-35)24-34-36(49)46-43(38(51)47-59(53,54)41(5)18-19-41)23-28(43)12-10-8-7-9-11-13-33(37(50)48(34)25-42)45-39(52)57-26-40(2,3)4/h10,12,14-15,22,28,33-34H,7-9,11,13,16-21,23-26H2,1-6H3,(H,45,52)(H,46,49)(H,47,51)/b12-10-/t28-,33+,34+,42-,43-/m1/s1. The van der Waals surface area contributed by atoms with Crippen LogP contribution < -0.4 is 24.8 Å². The molecule has 1 aromatic heterocycles. The molecule has 1 saturated heterocycles. The van der Waals surface area contributed by atoms with Gasteiger partial charge in [0, 0.05) is 30.4 Å². The molecule has 0 unspecified atom stereocenters. The first-order valence-electron chi connectivity index (χ1n) is 20.9. The van der Waals surface area contributed by atoms with Crippen LogP contribution in [0.3, 0.4) is 0 Å². The number of carbonyl (C=O) groups is 4. The molecule has 59 heavy (non-hydrogen) atoms. The molecule has 0 radical (unpaired) electrons. The largest absolute Gasteiger partial charge is 0.491 e. The monoisotopic (exact) mass is 837 g/mol. The molecule has 4 amide bonds. The van der Waals surface area contributed by atoms with Gasteiger partial charge < -0.3 is 34.5 Å². The zero-order valence-electron chi connectivity index (χ0n) is 35.1. The fourth-order valence-corrected chi connectivity index (χ4v) is 9.78. The molecular formula is C43H59N5O10S. The molecule has 2 aliphatic carbocycles. The van der Waals surface area contributed by atoms with E-state index in [1.165, 1.54) is 4.90 Å². The number of alkyl carbamates (subject to hydrolysis) is 1. The van der Waals surface area contributed by atoms with Crippen LogP contribution in [0, 0.1) is 18.3 Å². The van der Waals surface area contributed by atoms with E-state index in [0.29, 0.717) is 75.4 Å². The normalized spacial score (nSPS) is 28.4. The lowest BCUT2D eigenvalue weighted by atomic mass is 9.87. The molecule has 322 valence electrons. The maximum absolute atomic E-state index is 14.8. The molecule has 15 nitrogen and oxygen atoms in total. The number of benzene rings is 1. The Hall–Kier alpha value is -4.44. The number of nitrogens with zero attached hydrogens (tertiary/aromatic N) is 2. The highest BCUT2D eigenvalue weighted by Crippen LogP contribution is 2.49. The van der Waals surface area contributed by atoms with Gasteiger partial charge in [0.15, 0.2) is 0 Å². The summed E-state index contributed by atoms with van der Waals surface area (Å²) in [6, 6.07) is 3.62. The Morgan fingerprint density at radius 1 is 1.08 bits per heavy atom. The molecule has 3 aliphatic heterocycles. The van der Waals surface area contributed by atoms with Crippen molar-refractivity contribution in [1.29, 1.82) is 0 Å². The van der Waals surface area contributed by atoms with Crippen molar-refractivity contribution in [2.75, 3.05) is 33.5 Å². The third-order valence-electron chi connectivity index (χ3n) is 12.4. The first-order chi connectivity index (χ1) is 27.9. The number of hydrogen-bond acceptors (Lipinski definition) is 11. The number of nitrogens with one attached hydrogen (secondary N) is 3. The van der Waals surface area contributed by atoms with Crippen LogP contribution in [0.25, 0.3) is 10.9 Å². The molecule has 4 heterocycles. The molecule has 2 aromatic rings. The third kappa shape index (κ3) is 9.03. The summed E-state index contributed by atoms with van der Waals surface area (Å²) in [5.41, 5.74) is -0.434. The van der Waals surface area contributed by atoms with Crippen LogP contribution in [0.1, 0.15) is 103 Å². The lowest BCUT2D eigenvalue weighted by Gasteiger charge is -2.36. The van der Waals surface area contributed by atoms with E-state index in [0.717, 1.165) is 29.3 Å². The first-order valence-corrected chi connectivity index (χ1v) is 22.4. The maximum Gasteiger partial charge on any atom is 0.407 e. The van der Waals surface area contributed by atoms with Crippen molar-refractivity contribution in [2.24, 2.45) is 11.3 Å². The number of fused-ring (bicyclic) bond motifs is 5. The quantitative estimate of drug-likeness (QED) is 0.233. The van der Waals surface area contributed by atoms with Gasteiger partial charge in [-0.1, -0.05) is 45.8 Å². The molecule has 0 bridgehead atoms. The Kier molecular flexibility index (Phi) is 11.7. The number of sulfonamides is 1. The van der Waals surface area contributed by atoms with Crippen LogP contribution >= 0.6 is 0 Å². The average molecular weight is 838 g/mol. The van der Waals surface area contributed by atoms with Crippen molar-refractivity contribution < 1.29 is 46.5 Å². The van der Waals surface area contributed by atoms with E-state index >= 15 is 0 Å². The summed E-state index contributed by atoms with van der Waals surface area (Å²) in [5, 5.41) is 6.65. The Morgan fingerprint density at radius 2 is 1.86 bits per heavy atom. The fourth-order valence-electron chi connectivity index (χ4n) is 8.47. The summed E-state index contributed by atoms with van der Waals surface area (Å²) < 4.78 is 51.3. The summed E-state index contributed by atoms with van der Waals surface area (Å²) in [6.45, 7) is 10.3. The van der Waals surface area contributed by atoms with Gasteiger partial charge in [0.05, 0.1) is 35.7 Å². The number of methoxy groups -OCH3 is 1. The predicted molar refractivity (Wildman–Crippen MR) is 219 cm³/mol. The molecular weight excluding hydrogens is 779 g/mol. The van der Waals surface area contributed by atoms with Gasteiger partial charge in [-0.25, -0.2) is 18.2 Å². The molecule has 3 fully saturated rings. The minimum atomic E-state index is -4.00. The summed E-state index contributed by atoms with van der Waals surface area (Å²) in [6.07, 6.45) is 8.54. The van der Waals surface area contributed by atoms with Crippen LogP contribution in [0.5, 0.6) is 11.5 Å². The van der Waals surface area contributed by atoms with Crippen LogP contribution in [-0.2, 0) is 40.3 Å². The number of rotatable bonds is 9. The van der Waals surface area contributed by atoms with E-state index in [-0.39, 0.29) is 31.4 Å². The van der Waals surface area contributed by atoms with Crippen molar-refractivity contribution in [1.82, 2.24) is 25.2 Å². The van der Waals surface area contributed by atoms with Gasteiger partial charge in [0.2, 0.25) is 21.8 Å². The third-order valence-corrected chi connectivity index (χ3v) is 14.6. The number of hydrogen-bond donors (Lipinski definition) is 3. The van der Waals surface area contributed by atoms with Gasteiger partial charge in [0.25, 0.3) is 5.91 Å². The van der Waals surface area contributed by atoms with Gasteiger partial charge in [-0.15, -0.1) is 0 Å².